The number of aromatic amines is 1. The first-order valence-electron chi connectivity index (χ1n) is 5.52. The lowest BCUT2D eigenvalue weighted by atomic mass is 10.2. The number of fused-ring (bicyclic) bond motifs is 1. The van der Waals surface area contributed by atoms with E-state index in [4.69, 9.17) is 12.2 Å². The van der Waals surface area contributed by atoms with Gasteiger partial charge >= 0.3 is 0 Å². The van der Waals surface area contributed by atoms with E-state index in [0.717, 1.165) is 11.0 Å². The van der Waals surface area contributed by atoms with Crippen molar-refractivity contribution in [1.82, 2.24) is 14.9 Å². The Morgan fingerprint density at radius 3 is 3.00 bits per heavy atom. The minimum absolute atomic E-state index is 0.0203. The normalized spacial score (nSPS) is 10.7. The molecule has 2 aromatic rings. The molecule has 0 saturated heterocycles. The second-order valence-corrected chi connectivity index (χ2v) is 4.42. The average molecular weight is 249 g/mol. The van der Waals surface area contributed by atoms with Gasteiger partial charge in [-0.1, -0.05) is 12.1 Å². The summed E-state index contributed by atoms with van der Waals surface area (Å²) in [6.45, 7) is 4.84. The van der Waals surface area contributed by atoms with Crippen LogP contribution in [-0.2, 0) is 11.3 Å². The number of hydrogen-bond acceptors (Lipinski definition) is 2. The summed E-state index contributed by atoms with van der Waals surface area (Å²) in [5, 5.41) is 2.78. The number of aromatic nitrogens is 2. The first kappa shape index (κ1) is 11.9. The number of imidazole rings is 1. The van der Waals surface area contributed by atoms with Gasteiger partial charge in [-0.25, -0.2) is 0 Å². The van der Waals surface area contributed by atoms with Gasteiger partial charge in [-0.2, -0.15) is 0 Å². The second-order valence-electron chi connectivity index (χ2n) is 4.04. The average Bonchev–Trinajstić information content (AvgIpc) is 2.56. The smallest absolute Gasteiger partial charge is 0.216 e. The van der Waals surface area contributed by atoms with E-state index in [-0.39, 0.29) is 5.91 Å². The molecule has 2 rings (SSSR count). The molecular formula is C12H15N3OS. The minimum Gasteiger partial charge on any atom is -0.355 e. The van der Waals surface area contributed by atoms with Gasteiger partial charge in [0.1, 0.15) is 0 Å². The second kappa shape index (κ2) is 4.71. The summed E-state index contributed by atoms with van der Waals surface area (Å²) in [5.41, 5.74) is 3.33. The number of carbonyl (C=O) groups is 1. The number of para-hydroxylation sites is 1. The minimum atomic E-state index is -0.0203. The summed E-state index contributed by atoms with van der Waals surface area (Å²) in [6, 6.07) is 6.06. The molecule has 2 N–H and O–H groups in total. The standard InChI is InChI=1S/C12H15N3OS/c1-8-4-3-5-10-11(8)15(12(17)14-10)7-6-13-9(2)16/h3-5H,6-7H2,1-2H3,(H,13,16)(H,14,17). The first-order valence-corrected chi connectivity index (χ1v) is 5.93. The van der Waals surface area contributed by atoms with Gasteiger partial charge in [0.05, 0.1) is 11.0 Å². The van der Waals surface area contributed by atoms with Crippen molar-refractivity contribution in [2.75, 3.05) is 6.54 Å². The third kappa shape index (κ3) is 2.39. The Hall–Kier alpha value is -1.62. The number of carbonyl (C=O) groups excluding carboxylic acids is 1. The number of nitrogens with one attached hydrogen (secondary N) is 2. The SMILES string of the molecule is CC(=O)NCCn1c(=S)[nH]c2cccc(C)c21. The third-order valence-corrected chi connectivity index (χ3v) is 3.03. The molecule has 0 saturated carbocycles. The van der Waals surface area contributed by atoms with Crippen LogP contribution in [0.25, 0.3) is 11.0 Å². The molecule has 0 radical (unpaired) electrons. The Bertz CT molecular complexity index is 612. The summed E-state index contributed by atoms with van der Waals surface area (Å²) in [6.07, 6.45) is 0. The number of rotatable bonds is 3. The van der Waals surface area contributed by atoms with Crippen molar-refractivity contribution in [2.24, 2.45) is 0 Å². The van der Waals surface area contributed by atoms with E-state index in [1.54, 1.807) is 0 Å². The summed E-state index contributed by atoms with van der Waals surface area (Å²) in [5.74, 6) is -0.0203. The largest absolute Gasteiger partial charge is 0.355 e. The highest BCUT2D eigenvalue weighted by Crippen LogP contribution is 2.17. The van der Waals surface area contributed by atoms with Crippen molar-refractivity contribution < 1.29 is 4.79 Å². The maximum Gasteiger partial charge on any atom is 0.216 e. The van der Waals surface area contributed by atoms with Gasteiger partial charge in [0.25, 0.3) is 0 Å². The molecule has 90 valence electrons. The highest BCUT2D eigenvalue weighted by atomic mass is 32.1. The van der Waals surface area contributed by atoms with Crippen LogP contribution in [0, 0.1) is 11.7 Å². The monoisotopic (exact) mass is 249 g/mol. The molecular weight excluding hydrogens is 234 g/mol. The molecule has 0 aliphatic carbocycles. The van der Waals surface area contributed by atoms with Crippen molar-refractivity contribution in [3.05, 3.63) is 28.5 Å². The van der Waals surface area contributed by atoms with Gasteiger partial charge < -0.3 is 14.9 Å². The van der Waals surface area contributed by atoms with Gasteiger partial charge in [-0.05, 0) is 30.8 Å². The van der Waals surface area contributed by atoms with E-state index in [1.807, 2.05) is 16.7 Å². The van der Waals surface area contributed by atoms with Crippen LogP contribution in [0.2, 0.25) is 0 Å². The van der Waals surface area contributed by atoms with E-state index < -0.39 is 0 Å². The van der Waals surface area contributed by atoms with Gasteiger partial charge in [0.15, 0.2) is 4.77 Å². The molecule has 0 bridgehead atoms. The quantitative estimate of drug-likeness (QED) is 0.819. The first-order chi connectivity index (χ1) is 8.09. The fourth-order valence-corrected chi connectivity index (χ4v) is 2.25. The van der Waals surface area contributed by atoms with Crippen molar-refractivity contribution in [3.8, 4) is 0 Å². The zero-order valence-electron chi connectivity index (χ0n) is 9.91. The summed E-state index contributed by atoms with van der Waals surface area (Å²) in [7, 11) is 0. The molecule has 17 heavy (non-hydrogen) atoms. The van der Waals surface area contributed by atoms with Crippen LogP contribution < -0.4 is 5.32 Å². The van der Waals surface area contributed by atoms with Crippen LogP contribution in [0.1, 0.15) is 12.5 Å². The summed E-state index contributed by atoms with van der Waals surface area (Å²) >= 11 is 5.29. The number of benzene rings is 1. The van der Waals surface area contributed by atoms with Crippen LogP contribution in [0.15, 0.2) is 18.2 Å². The van der Waals surface area contributed by atoms with Crippen molar-refractivity contribution >= 4 is 29.2 Å². The van der Waals surface area contributed by atoms with E-state index in [9.17, 15) is 4.79 Å². The number of hydrogen-bond donors (Lipinski definition) is 2. The van der Waals surface area contributed by atoms with Crippen molar-refractivity contribution in [3.63, 3.8) is 0 Å². The molecule has 4 nitrogen and oxygen atoms in total. The number of H-pyrrole nitrogens is 1. The lowest BCUT2D eigenvalue weighted by molar-refractivity contribution is -0.118. The van der Waals surface area contributed by atoms with E-state index in [1.165, 1.54) is 12.5 Å². The van der Waals surface area contributed by atoms with Crippen molar-refractivity contribution in [1.29, 1.82) is 0 Å². The molecule has 0 aliphatic heterocycles. The summed E-state index contributed by atoms with van der Waals surface area (Å²) < 4.78 is 2.72. The van der Waals surface area contributed by atoms with Crippen LogP contribution >= 0.6 is 12.2 Å². The molecule has 0 atom stereocenters. The molecule has 5 heteroatoms. The molecule has 1 heterocycles. The number of nitrogens with zero attached hydrogens (tertiary/aromatic N) is 1. The van der Waals surface area contributed by atoms with Gasteiger partial charge in [0.2, 0.25) is 5.91 Å². The Labute approximate surface area is 105 Å². The van der Waals surface area contributed by atoms with Gasteiger partial charge in [-0.15, -0.1) is 0 Å². The lowest BCUT2D eigenvalue weighted by Gasteiger charge is -2.06. The Morgan fingerprint density at radius 2 is 2.29 bits per heavy atom. The van der Waals surface area contributed by atoms with E-state index >= 15 is 0 Å². The predicted molar refractivity (Wildman–Crippen MR) is 70.5 cm³/mol. The van der Waals surface area contributed by atoms with E-state index in [0.29, 0.717) is 17.9 Å². The predicted octanol–water partition coefficient (Wildman–Crippen LogP) is 2.14. The number of aryl methyl sites for hydroxylation is 1. The topological polar surface area (TPSA) is 49.8 Å². The fourth-order valence-electron chi connectivity index (χ4n) is 1.96. The van der Waals surface area contributed by atoms with Crippen LogP contribution in [-0.4, -0.2) is 22.0 Å². The third-order valence-electron chi connectivity index (χ3n) is 2.70. The number of amides is 1. The molecule has 0 unspecified atom stereocenters. The Morgan fingerprint density at radius 1 is 1.53 bits per heavy atom. The highest BCUT2D eigenvalue weighted by molar-refractivity contribution is 7.71. The zero-order valence-corrected chi connectivity index (χ0v) is 10.7. The summed E-state index contributed by atoms with van der Waals surface area (Å²) in [4.78, 5) is 14.0. The molecule has 1 aromatic carbocycles. The van der Waals surface area contributed by atoms with Crippen LogP contribution in [0.5, 0.6) is 0 Å². The molecule has 1 amide bonds. The van der Waals surface area contributed by atoms with Gasteiger partial charge in [0, 0.05) is 20.0 Å². The molecule has 0 aliphatic rings. The Kier molecular flexibility index (Phi) is 3.28. The van der Waals surface area contributed by atoms with E-state index in [2.05, 4.69) is 23.3 Å². The fraction of sp³-hybridized carbons (Fsp3) is 0.333. The van der Waals surface area contributed by atoms with Crippen LogP contribution in [0.3, 0.4) is 0 Å². The maximum absolute atomic E-state index is 10.8. The van der Waals surface area contributed by atoms with Crippen molar-refractivity contribution in [2.45, 2.75) is 20.4 Å². The lowest BCUT2D eigenvalue weighted by Crippen LogP contribution is -2.24. The molecule has 1 aromatic heterocycles. The van der Waals surface area contributed by atoms with Gasteiger partial charge in [-0.3, -0.25) is 4.79 Å². The van der Waals surface area contributed by atoms with Crippen LogP contribution in [0.4, 0.5) is 0 Å². The maximum atomic E-state index is 10.8. The molecule has 0 spiro atoms. The highest BCUT2D eigenvalue weighted by Gasteiger charge is 2.06. The Balaban J connectivity index is 2.36. The zero-order chi connectivity index (χ0) is 12.4. The molecule has 0 fully saturated rings.